The summed E-state index contributed by atoms with van der Waals surface area (Å²) in [6, 6.07) is 16.0. The lowest BCUT2D eigenvalue weighted by molar-refractivity contribution is -0.119. The van der Waals surface area contributed by atoms with E-state index in [1.165, 1.54) is 40.7 Å². The average molecular weight is 489 g/mol. The van der Waals surface area contributed by atoms with Gasteiger partial charge in [0, 0.05) is 12.2 Å². The van der Waals surface area contributed by atoms with Crippen LogP contribution in [0.15, 0.2) is 71.6 Å². The highest BCUT2D eigenvalue weighted by Crippen LogP contribution is 2.35. The summed E-state index contributed by atoms with van der Waals surface area (Å²) in [4.78, 5) is 24.2. The summed E-state index contributed by atoms with van der Waals surface area (Å²) in [6.07, 6.45) is 0.567. The van der Waals surface area contributed by atoms with Crippen molar-refractivity contribution in [3.63, 3.8) is 0 Å². The number of nitrogens with zero attached hydrogens (tertiary/aromatic N) is 1. The summed E-state index contributed by atoms with van der Waals surface area (Å²) in [5, 5.41) is 2.42. The zero-order chi connectivity index (χ0) is 23.6. The molecular formula is C23H18ClFN2O5S. The van der Waals surface area contributed by atoms with Gasteiger partial charge in [-0.3, -0.25) is 9.10 Å². The molecule has 1 N–H and O–H groups in total. The van der Waals surface area contributed by atoms with Gasteiger partial charge < -0.3 is 10.1 Å². The highest BCUT2D eigenvalue weighted by atomic mass is 35.5. The number of esters is 1. The van der Waals surface area contributed by atoms with E-state index in [1.807, 2.05) is 12.1 Å². The van der Waals surface area contributed by atoms with Crippen LogP contribution in [0.25, 0.3) is 0 Å². The van der Waals surface area contributed by atoms with Crippen molar-refractivity contribution >= 4 is 44.9 Å². The molecule has 3 aromatic rings. The van der Waals surface area contributed by atoms with Crippen molar-refractivity contribution in [3.8, 4) is 0 Å². The van der Waals surface area contributed by atoms with Crippen LogP contribution in [0, 0.1) is 5.82 Å². The van der Waals surface area contributed by atoms with Crippen molar-refractivity contribution < 1.29 is 27.1 Å². The molecule has 1 aliphatic heterocycles. The number of para-hydroxylation sites is 1. The molecular weight excluding hydrogens is 471 g/mol. The molecule has 170 valence electrons. The second-order valence-corrected chi connectivity index (χ2v) is 9.47. The molecule has 0 spiro atoms. The standard InChI is InChI=1S/C23H18ClFN2O5S/c24-19-10-5-16(23(29)32-14-22(28)26-18-8-6-17(25)7-9-18)13-21(19)33(30,31)27-12-11-15-3-1-2-4-20(15)27/h1-10,13H,11-12,14H2,(H,26,28). The van der Waals surface area contributed by atoms with E-state index in [-0.39, 0.29) is 22.0 Å². The fourth-order valence-electron chi connectivity index (χ4n) is 3.45. The van der Waals surface area contributed by atoms with Crippen LogP contribution in [0.5, 0.6) is 0 Å². The molecule has 4 rings (SSSR count). The third-order valence-corrected chi connectivity index (χ3v) is 7.34. The Hall–Kier alpha value is -3.43. The highest BCUT2D eigenvalue weighted by molar-refractivity contribution is 7.93. The van der Waals surface area contributed by atoms with Crippen LogP contribution in [-0.4, -0.2) is 33.4 Å². The molecule has 0 saturated heterocycles. The molecule has 0 aromatic heterocycles. The van der Waals surface area contributed by atoms with Gasteiger partial charge in [0.25, 0.3) is 15.9 Å². The zero-order valence-electron chi connectivity index (χ0n) is 17.1. The molecule has 0 aliphatic carbocycles. The number of carbonyl (C=O) groups excluding carboxylic acids is 2. The summed E-state index contributed by atoms with van der Waals surface area (Å²) in [5.41, 5.74) is 1.74. The normalized spacial score (nSPS) is 12.8. The third-order valence-electron chi connectivity index (χ3n) is 5.04. The number of anilines is 2. The number of nitrogens with one attached hydrogen (secondary N) is 1. The van der Waals surface area contributed by atoms with Crippen molar-refractivity contribution in [2.24, 2.45) is 0 Å². The van der Waals surface area contributed by atoms with E-state index in [0.717, 1.165) is 11.6 Å². The lowest BCUT2D eigenvalue weighted by Gasteiger charge is -2.20. The largest absolute Gasteiger partial charge is 0.452 e. The maximum Gasteiger partial charge on any atom is 0.338 e. The number of sulfonamides is 1. The van der Waals surface area contributed by atoms with Gasteiger partial charge in [-0.1, -0.05) is 29.8 Å². The SMILES string of the molecule is O=C(COC(=O)c1ccc(Cl)c(S(=O)(=O)N2CCc3ccccc32)c1)Nc1ccc(F)cc1. The maximum atomic E-state index is 13.3. The van der Waals surface area contributed by atoms with Gasteiger partial charge in [-0.05, 0) is 60.5 Å². The van der Waals surface area contributed by atoms with Crippen LogP contribution in [0.2, 0.25) is 5.02 Å². The lowest BCUT2D eigenvalue weighted by atomic mass is 10.2. The van der Waals surface area contributed by atoms with Gasteiger partial charge >= 0.3 is 5.97 Å². The Labute approximate surface area is 194 Å². The number of hydrogen-bond acceptors (Lipinski definition) is 5. The first-order valence-electron chi connectivity index (χ1n) is 9.88. The Bertz CT molecular complexity index is 1330. The van der Waals surface area contributed by atoms with Crippen LogP contribution in [-0.2, 0) is 26.0 Å². The van der Waals surface area contributed by atoms with Crippen molar-refractivity contribution in [2.75, 3.05) is 22.8 Å². The fraction of sp³-hybridized carbons (Fsp3) is 0.130. The minimum Gasteiger partial charge on any atom is -0.452 e. The minimum absolute atomic E-state index is 0.0371. The van der Waals surface area contributed by atoms with E-state index in [1.54, 1.807) is 12.1 Å². The predicted molar refractivity (Wildman–Crippen MR) is 121 cm³/mol. The van der Waals surface area contributed by atoms with Crippen LogP contribution >= 0.6 is 11.6 Å². The highest BCUT2D eigenvalue weighted by Gasteiger charge is 2.32. The molecule has 0 saturated carbocycles. The molecule has 1 heterocycles. The van der Waals surface area contributed by atoms with Crippen LogP contribution in [0.1, 0.15) is 15.9 Å². The van der Waals surface area contributed by atoms with Crippen molar-refractivity contribution in [1.82, 2.24) is 0 Å². The smallest absolute Gasteiger partial charge is 0.338 e. The van der Waals surface area contributed by atoms with Gasteiger partial charge in [0.1, 0.15) is 10.7 Å². The minimum atomic E-state index is -4.03. The van der Waals surface area contributed by atoms with Crippen LogP contribution in [0.4, 0.5) is 15.8 Å². The van der Waals surface area contributed by atoms with Gasteiger partial charge in [-0.2, -0.15) is 0 Å². The summed E-state index contributed by atoms with van der Waals surface area (Å²) in [7, 11) is -4.03. The average Bonchev–Trinajstić information content (AvgIpc) is 3.24. The van der Waals surface area contributed by atoms with E-state index in [0.29, 0.717) is 17.8 Å². The molecule has 3 aromatic carbocycles. The molecule has 7 nitrogen and oxygen atoms in total. The van der Waals surface area contributed by atoms with E-state index in [2.05, 4.69) is 5.32 Å². The summed E-state index contributed by atoms with van der Waals surface area (Å²) in [5.74, 6) is -1.98. The Morgan fingerprint density at radius 1 is 1.06 bits per heavy atom. The molecule has 0 unspecified atom stereocenters. The number of hydrogen-bond donors (Lipinski definition) is 1. The molecule has 1 amide bonds. The summed E-state index contributed by atoms with van der Waals surface area (Å²) in [6.45, 7) is -0.351. The third kappa shape index (κ3) is 4.84. The molecule has 0 atom stereocenters. The predicted octanol–water partition coefficient (Wildman–Crippen LogP) is 4.03. The number of benzene rings is 3. The molecule has 33 heavy (non-hydrogen) atoms. The Morgan fingerprint density at radius 3 is 2.55 bits per heavy atom. The van der Waals surface area contributed by atoms with Crippen LogP contribution < -0.4 is 9.62 Å². The van der Waals surface area contributed by atoms with Gasteiger partial charge in [0.05, 0.1) is 16.3 Å². The van der Waals surface area contributed by atoms with E-state index < -0.39 is 34.3 Å². The monoisotopic (exact) mass is 488 g/mol. The fourth-order valence-corrected chi connectivity index (χ4v) is 5.46. The van der Waals surface area contributed by atoms with E-state index in [9.17, 15) is 22.4 Å². The molecule has 10 heteroatoms. The van der Waals surface area contributed by atoms with Crippen molar-refractivity contribution in [3.05, 3.63) is 88.7 Å². The zero-order valence-corrected chi connectivity index (χ0v) is 18.7. The number of fused-ring (bicyclic) bond motifs is 1. The Morgan fingerprint density at radius 2 is 1.79 bits per heavy atom. The Kier molecular flexibility index (Phi) is 6.35. The summed E-state index contributed by atoms with van der Waals surface area (Å²) < 4.78 is 45.8. The summed E-state index contributed by atoms with van der Waals surface area (Å²) >= 11 is 6.17. The second kappa shape index (κ2) is 9.21. The second-order valence-electron chi connectivity index (χ2n) is 7.23. The number of rotatable bonds is 6. The molecule has 0 fully saturated rings. The van der Waals surface area contributed by atoms with Crippen molar-refractivity contribution in [2.45, 2.75) is 11.3 Å². The first-order valence-corrected chi connectivity index (χ1v) is 11.7. The molecule has 0 bridgehead atoms. The quantitative estimate of drug-likeness (QED) is 0.529. The molecule has 1 aliphatic rings. The number of halogens is 2. The van der Waals surface area contributed by atoms with E-state index in [4.69, 9.17) is 16.3 Å². The van der Waals surface area contributed by atoms with Crippen molar-refractivity contribution in [1.29, 1.82) is 0 Å². The van der Waals surface area contributed by atoms with Gasteiger partial charge in [-0.25, -0.2) is 17.6 Å². The first-order chi connectivity index (χ1) is 15.8. The molecule has 0 radical (unpaired) electrons. The number of amides is 1. The number of carbonyl (C=O) groups is 2. The topological polar surface area (TPSA) is 92.8 Å². The first kappa shape index (κ1) is 22.8. The Balaban J connectivity index is 1.48. The van der Waals surface area contributed by atoms with Gasteiger partial charge in [0.15, 0.2) is 6.61 Å². The maximum absolute atomic E-state index is 13.3. The number of ether oxygens (including phenoxy) is 1. The van der Waals surface area contributed by atoms with Crippen LogP contribution in [0.3, 0.4) is 0 Å². The van der Waals surface area contributed by atoms with Gasteiger partial charge in [-0.15, -0.1) is 0 Å². The lowest BCUT2D eigenvalue weighted by Crippen LogP contribution is -2.29. The van der Waals surface area contributed by atoms with E-state index >= 15 is 0 Å². The van der Waals surface area contributed by atoms with Gasteiger partial charge in [0.2, 0.25) is 0 Å².